The number of hydrogen-bond donors (Lipinski definition) is 2. The first-order valence-corrected chi connectivity index (χ1v) is 10.7. The Morgan fingerprint density at radius 3 is 2.69 bits per heavy atom. The summed E-state index contributed by atoms with van der Waals surface area (Å²) in [4.78, 5) is 23.8. The highest BCUT2D eigenvalue weighted by atomic mass is 79.9. The summed E-state index contributed by atoms with van der Waals surface area (Å²) >= 11 is 6.82. The van der Waals surface area contributed by atoms with Crippen LogP contribution >= 0.6 is 39.0 Å². The summed E-state index contributed by atoms with van der Waals surface area (Å²) in [5.41, 5.74) is 6.42. The predicted molar refractivity (Wildman–Crippen MR) is 113 cm³/mol. The maximum Gasteiger partial charge on any atom is 0.219 e. The van der Waals surface area contributed by atoms with E-state index in [2.05, 4.69) is 47.2 Å². The van der Waals surface area contributed by atoms with Gasteiger partial charge in [0.15, 0.2) is 0 Å². The van der Waals surface area contributed by atoms with Gasteiger partial charge in [-0.3, -0.25) is 4.79 Å². The number of nitrogens with zero attached hydrogens (tertiary/aromatic N) is 2. The van der Waals surface area contributed by atoms with Crippen LogP contribution in [-0.4, -0.2) is 22.4 Å². The van der Waals surface area contributed by atoms with Crippen molar-refractivity contribution in [3.8, 4) is 0 Å². The van der Waals surface area contributed by atoms with E-state index in [0.717, 1.165) is 26.3 Å². The minimum Gasteiger partial charge on any atom is -0.370 e. The molecule has 0 fully saturated rings. The molecule has 0 aliphatic heterocycles. The van der Waals surface area contributed by atoms with Gasteiger partial charge in [-0.2, -0.15) is 0 Å². The highest BCUT2D eigenvalue weighted by molar-refractivity contribution is 9.10. The van der Waals surface area contributed by atoms with Crippen LogP contribution in [0.2, 0.25) is 0 Å². The molecule has 136 valence electrons. The molecule has 8 heteroatoms. The monoisotopic (exact) mass is 450 g/mol. The van der Waals surface area contributed by atoms with E-state index in [1.165, 1.54) is 15.3 Å². The maximum absolute atomic E-state index is 11.0. The number of aryl methyl sites for hydroxylation is 2. The van der Waals surface area contributed by atoms with Crippen LogP contribution in [0.3, 0.4) is 0 Å². The average Bonchev–Trinajstić information content (AvgIpc) is 2.88. The number of thiophene rings is 1. The van der Waals surface area contributed by atoms with Gasteiger partial charge in [0.05, 0.1) is 11.1 Å². The fourth-order valence-corrected chi connectivity index (χ4v) is 4.53. The first kappa shape index (κ1) is 19.1. The molecule has 1 amide bonds. The molecule has 0 saturated heterocycles. The van der Waals surface area contributed by atoms with Gasteiger partial charge in [-0.25, -0.2) is 9.97 Å². The van der Waals surface area contributed by atoms with E-state index in [4.69, 9.17) is 15.7 Å². The first-order chi connectivity index (χ1) is 12.4. The van der Waals surface area contributed by atoms with Gasteiger partial charge in [0.2, 0.25) is 5.91 Å². The number of amides is 1. The number of nitrogens with two attached hydrogens (primary N) is 1. The van der Waals surface area contributed by atoms with Crippen molar-refractivity contribution in [3.63, 3.8) is 0 Å². The van der Waals surface area contributed by atoms with E-state index < -0.39 is 0 Å². The molecule has 2 aromatic heterocycles. The lowest BCUT2D eigenvalue weighted by atomic mass is 10.2. The number of rotatable bonds is 7. The van der Waals surface area contributed by atoms with E-state index in [9.17, 15) is 4.79 Å². The van der Waals surface area contributed by atoms with Crippen LogP contribution < -0.4 is 11.1 Å². The summed E-state index contributed by atoms with van der Waals surface area (Å²) in [5.74, 6) is 1.91. The largest absolute Gasteiger partial charge is 0.370 e. The highest BCUT2D eigenvalue weighted by Gasteiger charge is 2.15. The fourth-order valence-electron chi connectivity index (χ4n) is 2.47. The van der Waals surface area contributed by atoms with Gasteiger partial charge in [0, 0.05) is 27.2 Å². The standard InChI is InChI=1S/C18H19BrN4OS2/c1-10-11(2)26-18-16(10)17(21-8-7-14(20)24)22-15(23-18)9-25-13-5-3-12(19)4-6-13/h3-6H,7-9H2,1-2H3,(H2,20,24)(H,21,22,23). The van der Waals surface area contributed by atoms with Crippen LogP contribution in [0.1, 0.15) is 22.7 Å². The van der Waals surface area contributed by atoms with Crippen LogP contribution in [0.5, 0.6) is 0 Å². The first-order valence-electron chi connectivity index (χ1n) is 8.11. The fraction of sp³-hybridized carbons (Fsp3) is 0.278. The summed E-state index contributed by atoms with van der Waals surface area (Å²) in [5, 5.41) is 4.29. The minimum atomic E-state index is -0.327. The lowest BCUT2D eigenvalue weighted by Gasteiger charge is -2.09. The molecule has 1 aromatic carbocycles. The van der Waals surface area contributed by atoms with Crippen LogP contribution in [0.15, 0.2) is 33.6 Å². The Balaban J connectivity index is 1.85. The molecule has 0 aliphatic rings. The Morgan fingerprint density at radius 1 is 1.27 bits per heavy atom. The molecule has 0 bridgehead atoms. The van der Waals surface area contributed by atoms with Crippen molar-refractivity contribution in [3.05, 3.63) is 45.0 Å². The average molecular weight is 451 g/mol. The summed E-state index contributed by atoms with van der Waals surface area (Å²) in [7, 11) is 0. The second-order valence-corrected chi connectivity index (χ2v) is 9.01. The molecular weight excluding hydrogens is 432 g/mol. The number of benzene rings is 1. The lowest BCUT2D eigenvalue weighted by Crippen LogP contribution is -2.16. The van der Waals surface area contributed by atoms with Crippen LogP contribution in [-0.2, 0) is 10.5 Å². The van der Waals surface area contributed by atoms with Crippen LogP contribution in [0, 0.1) is 13.8 Å². The van der Waals surface area contributed by atoms with Crippen LogP contribution in [0.4, 0.5) is 5.82 Å². The zero-order valence-corrected chi connectivity index (χ0v) is 17.7. The Labute approximate surface area is 168 Å². The molecule has 3 N–H and O–H groups in total. The molecule has 2 heterocycles. The molecule has 0 atom stereocenters. The Morgan fingerprint density at radius 2 is 2.00 bits per heavy atom. The second kappa shape index (κ2) is 8.37. The minimum absolute atomic E-state index is 0.274. The summed E-state index contributed by atoms with van der Waals surface area (Å²) in [6.45, 7) is 4.63. The summed E-state index contributed by atoms with van der Waals surface area (Å²) < 4.78 is 1.06. The normalized spacial score (nSPS) is 11.0. The number of halogens is 1. The Hall–Kier alpha value is -1.64. The Kier molecular flexibility index (Phi) is 6.16. The number of carbonyl (C=O) groups is 1. The van der Waals surface area contributed by atoms with Crippen molar-refractivity contribution in [1.82, 2.24) is 9.97 Å². The summed E-state index contributed by atoms with van der Waals surface area (Å²) in [6, 6.07) is 8.18. The third-order valence-electron chi connectivity index (χ3n) is 3.92. The molecule has 3 rings (SSSR count). The number of hydrogen-bond acceptors (Lipinski definition) is 6. The number of anilines is 1. The summed E-state index contributed by atoms with van der Waals surface area (Å²) in [6.07, 6.45) is 0.274. The number of fused-ring (bicyclic) bond motifs is 1. The smallest absolute Gasteiger partial charge is 0.219 e. The molecule has 0 saturated carbocycles. The van der Waals surface area contributed by atoms with Gasteiger partial charge < -0.3 is 11.1 Å². The number of thioether (sulfide) groups is 1. The van der Waals surface area contributed by atoms with Crippen molar-refractivity contribution in [2.45, 2.75) is 30.9 Å². The SMILES string of the molecule is Cc1sc2nc(CSc3ccc(Br)cc3)nc(NCCC(N)=O)c2c1C. The number of carbonyl (C=O) groups excluding carboxylic acids is 1. The molecule has 5 nitrogen and oxygen atoms in total. The number of aromatic nitrogens is 2. The third-order valence-corrected chi connectivity index (χ3v) is 6.56. The van der Waals surface area contributed by atoms with E-state index in [1.54, 1.807) is 23.1 Å². The Bertz CT molecular complexity index is 941. The van der Waals surface area contributed by atoms with Crippen molar-refractivity contribution in [2.75, 3.05) is 11.9 Å². The quantitative estimate of drug-likeness (QED) is 0.511. The highest BCUT2D eigenvalue weighted by Crippen LogP contribution is 2.34. The van der Waals surface area contributed by atoms with Gasteiger partial charge in [0.1, 0.15) is 16.5 Å². The van der Waals surface area contributed by atoms with Crippen LogP contribution in [0.25, 0.3) is 10.2 Å². The van der Waals surface area contributed by atoms with Gasteiger partial charge in [-0.05, 0) is 43.7 Å². The molecule has 0 radical (unpaired) electrons. The van der Waals surface area contributed by atoms with Gasteiger partial charge in [-0.15, -0.1) is 23.1 Å². The van der Waals surface area contributed by atoms with Crippen molar-refractivity contribution < 1.29 is 4.79 Å². The van der Waals surface area contributed by atoms with Crippen molar-refractivity contribution >= 4 is 61.0 Å². The zero-order chi connectivity index (χ0) is 18.7. The molecule has 0 unspecified atom stereocenters. The topological polar surface area (TPSA) is 80.9 Å². The maximum atomic E-state index is 11.0. The zero-order valence-electron chi connectivity index (χ0n) is 14.5. The number of nitrogens with one attached hydrogen (secondary N) is 1. The van der Waals surface area contributed by atoms with Gasteiger partial charge in [0.25, 0.3) is 0 Å². The lowest BCUT2D eigenvalue weighted by molar-refractivity contribution is -0.117. The molecule has 0 spiro atoms. The van der Waals surface area contributed by atoms with Gasteiger partial charge >= 0.3 is 0 Å². The van der Waals surface area contributed by atoms with Crippen molar-refractivity contribution in [1.29, 1.82) is 0 Å². The van der Waals surface area contributed by atoms with E-state index in [1.807, 2.05) is 12.1 Å². The van der Waals surface area contributed by atoms with E-state index in [0.29, 0.717) is 12.3 Å². The number of primary amides is 1. The predicted octanol–water partition coefficient (Wildman–Crippen LogP) is 4.65. The second-order valence-electron chi connectivity index (χ2n) is 5.84. The molecular formula is C18H19BrN4OS2. The van der Waals surface area contributed by atoms with E-state index >= 15 is 0 Å². The van der Waals surface area contributed by atoms with Gasteiger partial charge in [-0.1, -0.05) is 15.9 Å². The van der Waals surface area contributed by atoms with Crippen molar-refractivity contribution in [2.24, 2.45) is 5.73 Å². The molecule has 3 aromatic rings. The van der Waals surface area contributed by atoms with E-state index in [-0.39, 0.29) is 12.3 Å². The molecule has 0 aliphatic carbocycles. The third kappa shape index (κ3) is 4.55. The molecule has 26 heavy (non-hydrogen) atoms.